The zero-order valence-electron chi connectivity index (χ0n) is 14.5. The predicted molar refractivity (Wildman–Crippen MR) is 101 cm³/mol. The fourth-order valence-electron chi connectivity index (χ4n) is 2.66. The van der Waals surface area contributed by atoms with Crippen LogP contribution in [0.1, 0.15) is 16.7 Å². The molecule has 0 bridgehead atoms. The van der Waals surface area contributed by atoms with E-state index < -0.39 is 0 Å². The Morgan fingerprint density at radius 2 is 2.00 bits per heavy atom. The van der Waals surface area contributed by atoms with Gasteiger partial charge in [0.15, 0.2) is 0 Å². The van der Waals surface area contributed by atoms with Crippen LogP contribution in [0.15, 0.2) is 61.2 Å². The van der Waals surface area contributed by atoms with E-state index in [2.05, 4.69) is 15.4 Å². The van der Waals surface area contributed by atoms with E-state index in [1.54, 1.807) is 23.0 Å². The first-order valence-corrected chi connectivity index (χ1v) is 8.62. The van der Waals surface area contributed by atoms with Gasteiger partial charge in [0, 0.05) is 25.2 Å². The minimum atomic E-state index is -0.138. The average molecular weight is 370 g/mol. The van der Waals surface area contributed by atoms with Crippen LogP contribution in [0.4, 0.5) is 4.79 Å². The summed E-state index contributed by atoms with van der Waals surface area (Å²) in [5, 5.41) is 7.76. The summed E-state index contributed by atoms with van der Waals surface area (Å²) < 4.78 is 1.76. The van der Waals surface area contributed by atoms with E-state index >= 15 is 0 Å². The lowest BCUT2D eigenvalue weighted by Gasteiger charge is -2.19. The van der Waals surface area contributed by atoms with Crippen LogP contribution >= 0.6 is 11.6 Å². The summed E-state index contributed by atoms with van der Waals surface area (Å²) in [6, 6.07) is 15.3. The number of halogens is 1. The van der Waals surface area contributed by atoms with Crippen molar-refractivity contribution in [3.05, 3.63) is 82.9 Å². The fourth-order valence-corrected chi connectivity index (χ4v) is 2.87. The van der Waals surface area contributed by atoms with Gasteiger partial charge in [-0.15, -0.1) is 0 Å². The number of nitrogens with one attached hydrogen (secondary N) is 1. The molecule has 2 amide bonds. The monoisotopic (exact) mass is 369 g/mol. The first kappa shape index (κ1) is 17.9. The number of carbonyl (C=O) groups excluding carboxylic acids is 1. The molecule has 1 aromatic heterocycles. The van der Waals surface area contributed by atoms with Gasteiger partial charge in [0.05, 0.1) is 6.54 Å². The van der Waals surface area contributed by atoms with Crippen LogP contribution < -0.4 is 5.32 Å². The van der Waals surface area contributed by atoms with Crippen LogP contribution in [0.25, 0.3) is 0 Å². The molecule has 0 saturated heterocycles. The third-order valence-electron chi connectivity index (χ3n) is 4.00. The maximum atomic E-state index is 12.4. The summed E-state index contributed by atoms with van der Waals surface area (Å²) in [5.74, 6) is 0. The van der Waals surface area contributed by atoms with Gasteiger partial charge in [-0.1, -0.05) is 48.0 Å². The summed E-state index contributed by atoms with van der Waals surface area (Å²) in [5.41, 5.74) is 3.13. The van der Waals surface area contributed by atoms with Crippen molar-refractivity contribution in [2.45, 2.75) is 19.6 Å². The topological polar surface area (TPSA) is 63.1 Å². The second-order valence-electron chi connectivity index (χ2n) is 6.01. The SMILES string of the molecule is CN(Cc1cccc(Cl)c1)C(=O)NCc1ccccc1Cn1cncn1. The fraction of sp³-hybridized carbons (Fsp3) is 0.211. The van der Waals surface area contributed by atoms with Crippen molar-refractivity contribution in [1.82, 2.24) is 25.0 Å². The third kappa shape index (κ3) is 4.83. The first-order chi connectivity index (χ1) is 12.6. The largest absolute Gasteiger partial charge is 0.334 e. The van der Waals surface area contributed by atoms with E-state index in [0.29, 0.717) is 24.7 Å². The second kappa shape index (κ2) is 8.49. The highest BCUT2D eigenvalue weighted by Gasteiger charge is 2.10. The standard InChI is InChI=1S/C19H20ClN5O/c1-24(11-15-5-4-8-18(20)9-15)19(26)22-10-16-6-2-3-7-17(16)12-25-14-21-13-23-25/h2-9,13-14H,10-12H2,1H3,(H,22,26). The summed E-state index contributed by atoms with van der Waals surface area (Å²) >= 11 is 5.99. The van der Waals surface area contributed by atoms with E-state index in [9.17, 15) is 4.79 Å². The van der Waals surface area contributed by atoms with Crippen molar-refractivity contribution in [3.8, 4) is 0 Å². The van der Waals surface area contributed by atoms with E-state index in [4.69, 9.17) is 11.6 Å². The molecule has 0 saturated carbocycles. The van der Waals surface area contributed by atoms with Crippen molar-refractivity contribution < 1.29 is 4.79 Å². The number of hydrogen-bond donors (Lipinski definition) is 1. The number of nitrogens with zero attached hydrogens (tertiary/aromatic N) is 4. The van der Waals surface area contributed by atoms with Gasteiger partial charge in [0.25, 0.3) is 0 Å². The quantitative estimate of drug-likeness (QED) is 0.725. The number of amides is 2. The van der Waals surface area contributed by atoms with Gasteiger partial charge in [-0.2, -0.15) is 5.10 Å². The predicted octanol–water partition coefficient (Wildman–Crippen LogP) is 3.32. The minimum Gasteiger partial charge on any atom is -0.334 e. The Morgan fingerprint density at radius 1 is 1.19 bits per heavy atom. The highest BCUT2D eigenvalue weighted by Crippen LogP contribution is 2.13. The van der Waals surface area contributed by atoms with Gasteiger partial charge < -0.3 is 10.2 Å². The molecule has 6 nitrogen and oxygen atoms in total. The lowest BCUT2D eigenvalue weighted by atomic mass is 10.1. The highest BCUT2D eigenvalue weighted by atomic mass is 35.5. The number of urea groups is 1. The number of benzene rings is 2. The maximum Gasteiger partial charge on any atom is 0.317 e. The molecule has 0 spiro atoms. The highest BCUT2D eigenvalue weighted by molar-refractivity contribution is 6.30. The molecule has 0 aliphatic rings. The molecule has 0 aliphatic heterocycles. The molecule has 26 heavy (non-hydrogen) atoms. The maximum absolute atomic E-state index is 12.4. The Labute approximate surface area is 157 Å². The van der Waals surface area contributed by atoms with Crippen molar-refractivity contribution in [2.75, 3.05) is 7.05 Å². The molecule has 134 valence electrons. The van der Waals surface area contributed by atoms with Crippen LogP contribution in [-0.4, -0.2) is 32.7 Å². The molecule has 0 fully saturated rings. The first-order valence-electron chi connectivity index (χ1n) is 8.24. The minimum absolute atomic E-state index is 0.138. The van der Waals surface area contributed by atoms with Crippen LogP contribution in [0.2, 0.25) is 5.02 Å². The molecule has 7 heteroatoms. The molecule has 3 aromatic rings. The van der Waals surface area contributed by atoms with Crippen LogP contribution in [0, 0.1) is 0 Å². The number of rotatable bonds is 6. The van der Waals surface area contributed by atoms with Crippen LogP contribution in [0.3, 0.4) is 0 Å². The molecule has 0 atom stereocenters. The lowest BCUT2D eigenvalue weighted by molar-refractivity contribution is 0.206. The summed E-state index contributed by atoms with van der Waals surface area (Å²) in [7, 11) is 1.76. The lowest BCUT2D eigenvalue weighted by Crippen LogP contribution is -2.36. The van der Waals surface area contributed by atoms with Crippen molar-refractivity contribution in [3.63, 3.8) is 0 Å². The van der Waals surface area contributed by atoms with Gasteiger partial charge in [-0.05, 0) is 28.8 Å². The molecule has 1 N–H and O–H groups in total. The van der Waals surface area contributed by atoms with E-state index in [1.165, 1.54) is 6.33 Å². The molecule has 0 unspecified atom stereocenters. The van der Waals surface area contributed by atoms with Gasteiger partial charge in [-0.25, -0.2) is 14.5 Å². The number of carbonyl (C=O) groups is 1. The van der Waals surface area contributed by atoms with Crippen molar-refractivity contribution in [2.24, 2.45) is 0 Å². The molecule has 0 aliphatic carbocycles. The Bertz CT molecular complexity index is 866. The van der Waals surface area contributed by atoms with E-state index in [-0.39, 0.29) is 6.03 Å². The van der Waals surface area contributed by atoms with E-state index in [0.717, 1.165) is 16.7 Å². The Morgan fingerprint density at radius 3 is 2.73 bits per heavy atom. The van der Waals surface area contributed by atoms with Crippen molar-refractivity contribution >= 4 is 17.6 Å². The average Bonchev–Trinajstić information content (AvgIpc) is 3.14. The summed E-state index contributed by atoms with van der Waals surface area (Å²) in [4.78, 5) is 18.0. The molecular weight excluding hydrogens is 350 g/mol. The Hall–Kier alpha value is -2.86. The summed E-state index contributed by atoms with van der Waals surface area (Å²) in [6.45, 7) is 1.56. The number of hydrogen-bond acceptors (Lipinski definition) is 3. The zero-order valence-corrected chi connectivity index (χ0v) is 15.2. The Kier molecular flexibility index (Phi) is 5.86. The van der Waals surface area contributed by atoms with Crippen LogP contribution in [-0.2, 0) is 19.6 Å². The Balaban J connectivity index is 1.59. The molecule has 2 aromatic carbocycles. The zero-order chi connectivity index (χ0) is 18.4. The third-order valence-corrected chi connectivity index (χ3v) is 4.24. The van der Waals surface area contributed by atoms with Gasteiger partial charge in [0.2, 0.25) is 0 Å². The molecule has 0 radical (unpaired) electrons. The number of aromatic nitrogens is 3. The smallest absolute Gasteiger partial charge is 0.317 e. The van der Waals surface area contributed by atoms with Gasteiger partial charge in [0.1, 0.15) is 12.7 Å². The van der Waals surface area contributed by atoms with Crippen LogP contribution in [0.5, 0.6) is 0 Å². The van der Waals surface area contributed by atoms with E-state index in [1.807, 2.05) is 48.5 Å². The van der Waals surface area contributed by atoms with Crippen molar-refractivity contribution in [1.29, 1.82) is 0 Å². The molecule has 1 heterocycles. The second-order valence-corrected chi connectivity index (χ2v) is 6.44. The normalized spacial score (nSPS) is 10.5. The van der Waals surface area contributed by atoms with Gasteiger partial charge >= 0.3 is 6.03 Å². The molecular formula is C19H20ClN5O. The summed E-state index contributed by atoms with van der Waals surface area (Å²) in [6.07, 6.45) is 3.18. The van der Waals surface area contributed by atoms with Gasteiger partial charge in [-0.3, -0.25) is 0 Å². The molecule has 3 rings (SSSR count).